The Kier molecular flexibility index (Phi) is 14.7. The normalized spacial score (nSPS) is 32.6. The van der Waals surface area contributed by atoms with Gasteiger partial charge in [0.05, 0.1) is 19.8 Å². The molecule has 12 N–H and O–H groups in total. The first kappa shape index (κ1) is 48.3. The maximum Gasteiger partial charge on any atom is 0.330 e. The van der Waals surface area contributed by atoms with E-state index in [9.17, 15) is 70.9 Å². The topological polar surface area (TPSA) is 364 Å². The van der Waals surface area contributed by atoms with Crippen LogP contribution in [0.1, 0.15) is 12.5 Å². The minimum absolute atomic E-state index is 0.0651. The van der Waals surface area contributed by atoms with Gasteiger partial charge in [0, 0.05) is 23.8 Å². The monoisotopic (exact) mass is 932 g/mol. The molecule has 0 saturated carbocycles. The number of phenols is 3. The Balaban J connectivity index is 1.17. The number of fused-ring (bicyclic) bond motifs is 1. The highest BCUT2D eigenvalue weighted by molar-refractivity contribution is 5.88. The van der Waals surface area contributed by atoms with Crippen LogP contribution in [0.2, 0.25) is 0 Å². The Labute approximate surface area is 372 Å². The maximum absolute atomic E-state index is 14.4. The Morgan fingerprint density at radius 1 is 0.712 bits per heavy atom. The standard InChI is InChI=1S/C43H48O23/c1-16-29(49)33(53)36(56)41(60-16)61-20-12-22(47)28-24(13-20)62-38(18-5-7-19(45)8-6-18)39(32(28)52)65-43-40(35(55)30(50)25(14-44)63-43)66-42-37(57)34(54)31(51)26(64-42)15-59-27(48)10-4-17-3-9-21(46)23(11-17)58-2/h3-13,16,25-26,29-31,33-37,40-47,49-51,53-57H,14-15H2,1-2H3/b10-4+/t16-,25+,26-,29+,30+,31-,33-,34-,35+,36-,37-,40+,41+,42+,43+/m1/s1. The molecule has 3 aliphatic rings. The van der Waals surface area contributed by atoms with Gasteiger partial charge in [0.2, 0.25) is 23.8 Å². The van der Waals surface area contributed by atoms with Crippen LogP contribution in [0.25, 0.3) is 28.4 Å². The molecule has 3 aliphatic heterocycles. The predicted molar refractivity (Wildman–Crippen MR) is 219 cm³/mol. The molecule has 7 rings (SSSR count). The van der Waals surface area contributed by atoms with E-state index in [-0.39, 0.29) is 34.1 Å². The summed E-state index contributed by atoms with van der Waals surface area (Å²) in [6.45, 7) is -0.231. The molecule has 358 valence electrons. The van der Waals surface area contributed by atoms with Crippen LogP contribution in [0, 0.1) is 0 Å². The summed E-state index contributed by atoms with van der Waals surface area (Å²) in [4.78, 5) is 27.0. The van der Waals surface area contributed by atoms with Crippen LogP contribution in [0.15, 0.2) is 69.9 Å². The zero-order valence-corrected chi connectivity index (χ0v) is 34.8. The SMILES string of the molecule is COc1cc(/C=C/C(=O)OC[C@H]2O[C@@H](O[C@@H]3[C@H](Oc4c(-c5ccc(O)cc5)oc5cc(O[C@@H]6O[C@H](C)[C@H](O)[C@@H](O)[C@H]6O)cc(O)c5c4=O)O[C@@H](CO)[C@H](O)[C@@H]3O)[C@H](O)[C@H](O)[C@@H]2O)ccc1O. The largest absolute Gasteiger partial charge is 0.508 e. The van der Waals surface area contributed by atoms with Crippen LogP contribution in [0.5, 0.6) is 34.5 Å². The summed E-state index contributed by atoms with van der Waals surface area (Å²) in [5.41, 5.74) is -0.937. The van der Waals surface area contributed by atoms with Crippen molar-refractivity contribution in [2.24, 2.45) is 0 Å². The van der Waals surface area contributed by atoms with E-state index in [1.165, 1.54) is 62.6 Å². The Morgan fingerprint density at radius 3 is 2.08 bits per heavy atom. The van der Waals surface area contributed by atoms with Crippen molar-refractivity contribution in [3.05, 3.63) is 76.5 Å². The number of benzene rings is 3. The lowest BCUT2D eigenvalue weighted by atomic mass is 9.97. The summed E-state index contributed by atoms with van der Waals surface area (Å²) in [6.07, 6.45) is -24.3. The van der Waals surface area contributed by atoms with E-state index in [4.69, 9.17) is 42.3 Å². The molecular formula is C43H48O23. The molecule has 0 spiro atoms. The van der Waals surface area contributed by atoms with Gasteiger partial charge in [-0.1, -0.05) is 6.07 Å². The van der Waals surface area contributed by atoms with E-state index in [1.54, 1.807) is 0 Å². The number of carbonyl (C=O) groups is 1. The number of esters is 1. The van der Waals surface area contributed by atoms with Crippen molar-refractivity contribution in [2.75, 3.05) is 20.3 Å². The molecule has 0 bridgehead atoms. The van der Waals surface area contributed by atoms with E-state index >= 15 is 0 Å². The molecule has 3 saturated heterocycles. The average molecular weight is 933 g/mol. The van der Waals surface area contributed by atoms with Crippen molar-refractivity contribution in [3.8, 4) is 45.8 Å². The van der Waals surface area contributed by atoms with E-state index in [0.29, 0.717) is 5.56 Å². The smallest absolute Gasteiger partial charge is 0.330 e. The van der Waals surface area contributed by atoms with Gasteiger partial charge in [0.15, 0.2) is 29.7 Å². The number of carbonyl (C=O) groups excluding carboxylic acids is 1. The number of ether oxygens (including phenoxy) is 8. The zero-order valence-electron chi connectivity index (χ0n) is 34.8. The second-order valence-corrected chi connectivity index (χ2v) is 15.6. The van der Waals surface area contributed by atoms with E-state index in [1.807, 2.05) is 0 Å². The molecule has 0 radical (unpaired) electrons. The molecule has 23 nitrogen and oxygen atoms in total. The Hall–Kier alpha value is -5.64. The van der Waals surface area contributed by atoms with Gasteiger partial charge in [-0.05, 0) is 55.0 Å². The molecule has 15 atom stereocenters. The van der Waals surface area contributed by atoms with Crippen LogP contribution in [-0.2, 0) is 28.5 Å². The van der Waals surface area contributed by atoms with Gasteiger partial charge < -0.3 is 104 Å². The molecule has 4 heterocycles. The number of aromatic hydroxyl groups is 3. The summed E-state index contributed by atoms with van der Waals surface area (Å²) < 4.78 is 50.9. The van der Waals surface area contributed by atoms with Crippen LogP contribution in [0.3, 0.4) is 0 Å². The van der Waals surface area contributed by atoms with Gasteiger partial charge in [-0.25, -0.2) is 4.79 Å². The van der Waals surface area contributed by atoms with Crippen molar-refractivity contribution in [2.45, 2.75) is 99.0 Å². The van der Waals surface area contributed by atoms with Gasteiger partial charge in [-0.15, -0.1) is 0 Å². The number of hydrogen-bond donors (Lipinski definition) is 12. The van der Waals surface area contributed by atoms with Gasteiger partial charge in [0.25, 0.3) is 0 Å². The molecule has 66 heavy (non-hydrogen) atoms. The third-order valence-electron chi connectivity index (χ3n) is 11.1. The second-order valence-electron chi connectivity index (χ2n) is 15.6. The molecule has 1 aromatic heterocycles. The number of hydrogen-bond acceptors (Lipinski definition) is 23. The molecule has 23 heteroatoms. The zero-order chi connectivity index (χ0) is 47.7. The van der Waals surface area contributed by atoms with Crippen LogP contribution >= 0.6 is 0 Å². The number of aliphatic hydroxyl groups is 9. The van der Waals surface area contributed by atoms with E-state index in [0.717, 1.165) is 18.2 Å². The van der Waals surface area contributed by atoms with Gasteiger partial charge >= 0.3 is 5.97 Å². The lowest BCUT2D eigenvalue weighted by molar-refractivity contribution is -0.358. The Bertz CT molecular complexity index is 2420. The fraction of sp³-hybridized carbons (Fsp3) is 0.442. The second kappa shape index (κ2) is 20.1. The molecule has 3 fully saturated rings. The highest BCUT2D eigenvalue weighted by atomic mass is 16.8. The quantitative estimate of drug-likeness (QED) is 0.0512. The van der Waals surface area contributed by atoms with Gasteiger partial charge in [0.1, 0.15) is 95.9 Å². The summed E-state index contributed by atoms with van der Waals surface area (Å²) >= 11 is 0. The highest BCUT2D eigenvalue weighted by Crippen LogP contribution is 2.39. The van der Waals surface area contributed by atoms with Crippen molar-refractivity contribution in [1.29, 1.82) is 0 Å². The third-order valence-corrected chi connectivity index (χ3v) is 11.1. The first-order chi connectivity index (χ1) is 31.4. The molecule has 4 aromatic rings. The van der Waals surface area contributed by atoms with E-state index < -0.39 is 139 Å². The van der Waals surface area contributed by atoms with Crippen LogP contribution in [-0.4, -0.2) is 180 Å². The van der Waals surface area contributed by atoms with Crippen molar-refractivity contribution >= 4 is 23.0 Å². The Morgan fingerprint density at radius 2 is 1.38 bits per heavy atom. The molecule has 0 amide bonds. The molecule has 0 unspecified atom stereocenters. The number of rotatable bonds is 13. The fourth-order valence-corrected chi connectivity index (χ4v) is 7.39. The van der Waals surface area contributed by atoms with Crippen LogP contribution in [0.4, 0.5) is 0 Å². The summed E-state index contributed by atoms with van der Waals surface area (Å²) in [5.74, 6) is -3.29. The lowest BCUT2D eigenvalue weighted by Gasteiger charge is -2.45. The van der Waals surface area contributed by atoms with Crippen molar-refractivity contribution < 1.29 is 108 Å². The first-order valence-electron chi connectivity index (χ1n) is 20.3. The van der Waals surface area contributed by atoms with Gasteiger partial charge in [-0.2, -0.15) is 0 Å². The minimum Gasteiger partial charge on any atom is -0.508 e. The number of aliphatic hydroxyl groups excluding tert-OH is 9. The fourth-order valence-electron chi connectivity index (χ4n) is 7.39. The molecule has 3 aromatic carbocycles. The summed E-state index contributed by atoms with van der Waals surface area (Å²) in [7, 11) is 1.34. The van der Waals surface area contributed by atoms with Crippen molar-refractivity contribution in [3.63, 3.8) is 0 Å². The summed E-state index contributed by atoms with van der Waals surface area (Å²) in [5, 5.41) is 126. The third kappa shape index (κ3) is 9.89. The molecular weight excluding hydrogens is 884 g/mol. The predicted octanol–water partition coefficient (Wildman–Crippen LogP) is -1.94. The number of phenolic OH excluding ortho intramolecular Hbond substituents is 3. The van der Waals surface area contributed by atoms with Gasteiger partial charge in [-0.3, -0.25) is 4.79 Å². The number of methoxy groups -OCH3 is 1. The molecule has 0 aliphatic carbocycles. The highest BCUT2D eigenvalue weighted by Gasteiger charge is 2.52. The maximum atomic E-state index is 14.4. The lowest BCUT2D eigenvalue weighted by Crippen LogP contribution is -2.65. The minimum atomic E-state index is -2.08. The van der Waals surface area contributed by atoms with E-state index in [2.05, 4.69) is 0 Å². The summed E-state index contributed by atoms with van der Waals surface area (Å²) in [6, 6.07) is 11.4. The van der Waals surface area contributed by atoms with Crippen LogP contribution < -0.4 is 19.6 Å². The van der Waals surface area contributed by atoms with Crippen molar-refractivity contribution in [1.82, 2.24) is 0 Å². The first-order valence-corrected chi connectivity index (χ1v) is 20.3. The average Bonchev–Trinajstić information content (AvgIpc) is 3.29.